The molecule has 21 heavy (non-hydrogen) atoms. The quantitative estimate of drug-likeness (QED) is 0.885. The fraction of sp³-hybridized carbons (Fsp3) is 0.562. The van der Waals surface area contributed by atoms with Crippen LogP contribution in [0.4, 0.5) is 0 Å². The first kappa shape index (κ1) is 18.3. The Hall–Kier alpha value is -0.770. The molecule has 3 nitrogen and oxygen atoms in total. The molecule has 5 heteroatoms. The molecule has 0 saturated carbocycles. The average molecular weight is 331 g/mol. The molecule has 1 atom stereocenters. The van der Waals surface area contributed by atoms with E-state index in [1.807, 2.05) is 24.3 Å². The van der Waals surface area contributed by atoms with Crippen LogP contribution in [0.1, 0.15) is 38.3 Å². The van der Waals surface area contributed by atoms with Crippen molar-refractivity contribution in [3.63, 3.8) is 0 Å². The van der Waals surface area contributed by atoms with Gasteiger partial charge in [-0.15, -0.1) is 12.4 Å². The topological polar surface area (TPSA) is 41.1 Å². The highest BCUT2D eigenvalue weighted by Gasteiger charge is 2.25. The summed E-state index contributed by atoms with van der Waals surface area (Å²) >= 11 is 5.93. The summed E-state index contributed by atoms with van der Waals surface area (Å²) in [6.07, 6.45) is 1.86. The first-order valence-electron chi connectivity index (χ1n) is 7.34. The number of carbonyl (C=O) groups is 1. The Balaban J connectivity index is 0.00000220. The summed E-state index contributed by atoms with van der Waals surface area (Å²) in [6.45, 7) is 6.13. The minimum Gasteiger partial charge on any atom is -0.349 e. The Kier molecular flexibility index (Phi) is 7.50. The SMILES string of the molecule is CC(C)C(NC(=O)C1CCNCC1)c1ccc(Cl)cc1.Cl. The summed E-state index contributed by atoms with van der Waals surface area (Å²) in [7, 11) is 0. The van der Waals surface area contributed by atoms with Gasteiger partial charge in [-0.3, -0.25) is 4.79 Å². The molecular weight excluding hydrogens is 307 g/mol. The summed E-state index contributed by atoms with van der Waals surface area (Å²) in [5.41, 5.74) is 1.12. The van der Waals surface area contributed by atoms with Crippen molar-refractivity contribution in [3.05, 3.63) is 34.9 Å². The molecule has 118 valence electrons. The van der Waals surface area contributed by atoms with Gasteiger partial charge in [0.2, 0.25) is 5.91 Å². The third kappa shape index (κ3) is 5.17. The fourth-order valence-electron chi connectivity index (χ4n) is 2.66. The zero-order valence-electron chi connectivity index (χ0n) is 12.6. The minimum atomic E-state index is 0. The van der Waals surface area contributed by atoms with E-state index in [9.17, 15) is 4.79 Å². The highest BCUT2D eigenvalue weighted by molar-refractivity contribution is 6.30. The first-order chi connectivity index (χ1) is 9.58. The van der Waals surface area contributed by atoms with Crippen LogP contribution in [0.5, 0.6) is 0 Å². The highest BCUT2D eigenvalue weighted by atomic mass is 35.5. The van der Waals surface area contributed by atoms with Gasteiger partial charge in [-0.05, 0) is 49.5 Å². The number of halogens is 2. The Morgan fingerprint density at radius 2 is 1.81 bits per heavy atom. The van der Waals surface area contributed by atoms with Crippen LogP contribution in [-0.4, -0.2) is 19.0 Å². The van der Waals surface area contributed by atoms with Crippen LogP contribution in [0.2, 0.25) is 5.02 Å². The highest BCUT2D eigenvalue weighted by Crippen LogP contribution is 2.24. The third-order valence-electron chi connectivity index (χ3n) is 3.90. The Labute approximate surface area is 138 Å². The zero-order valence-corrected chi connectivity index (χ0v) is 14.1. The van der Waals surface area contributed by atoms with Crippen LogP contribution in [-0.2, 0) is 4.79 Å². The third-order valence-corrected chi connectivity index (χ3v) is 4.16. The molecule has 2 N–H and O–H groups in total. The van der Waals surface area contributed by atoms with Crippen LogP contribution in [0.3, 0.4) is 0 Å². The molecule has 0 aliphatic carbocycles. The molecule has 1 saturated heterocycles. The smallest absolute Gasteiger partial charge is 0.223 e. The molecule has 2 rings (SSSR count). The van der Waals surface area contributed by atoms with Crippen molar-refractivity contribution in [3.8, 4) is 0 Å². The maximum absolute atomic E-state index is 12.4. The van der Waals surface area contributed by atoms with E-state index in [0.29, 0.717) is 5.92 Å². The molecule has 1 fully saturated rings. The van der Waals surface area contributed by atoms with Crippen molar-refractivity contribution in [2.45, 2.75) is 32.7 Å². The lowest BCUT2D eigenvalue weighted by Crippen LogP contribution is -2.40. The molecule has 1 amide bonds. The van der Waals surface area contributed by atoms with Crippen molar-refractivity contribution >= 4 is 29.9 Å². The molecule has 0 aromatic heterocycles. The molecule has 1 heterocycles. The first-order valence-corrected chi connectivity index (χ1v) is 7.72. The number of carbonyl (C=O) groups excluding carboxylic acids is 1. The normalized spacial score (nSPS) is 17.1. The van der Waals surface area contributed by atoms with E-state index in [2.05, 4.69) is 24.5 Å². The number of hydrogen-bond donors (Lipinski definition) is 2. The maximum Gasteiger partial charge on any atom is 0.223 e. The van der Waals surface area contributed by atoms with E-state index in [4.69, 9.17) is 11.6 Å². The van der Waals surface area contributed by atoms with Crippen molar-refractivity contribution in [2.24, 2.45) is 11.8 Å². The van der Waals surface area contributed by atoms with Gasteiger partial charge in [0.1, 0.15) is 0 Å². The van der Waals surface area contributed by atoms with E-state index >= 15 is 0 Å². The Bertz CT molecular complexity index is 442. The summed E-state index contributed by atoms with van der Waals surface area (Å²) in [6, 6.07) is 7.80. The van der Waals surface area contributed by atoms with Gasteiger partial charge in [-0.1, -0.05) is 37.6 Å². The van der Waals surface area contributed by atoms with Gasteiger partial charge in [-0.2, -0.15) is 0 Å². The Morgan fingerprint density at radius 1 is 1.24 bits per heavy atom. The predicted octanol–water partition coefficient (Wildman–Crippen LogP) is 3.57. The molecule has 1 aromatic rings. The second-order valence-electron chi connectivity index (χ2n) is 5.81. The van der Waals surface area contributed by atoms with Gasteiger partial charge >= 0.3 is 0 Å². The Morgan fingerprint density at radius 3 is 2.33 bits per heavy atom. The van der Waals surface area contributed by atoms with Gasteiger partial charge in [-0.25, -0.2) is 0 Å². The molecule has 1 aromatic carbocycles. The lowest BCUT2D eigenvalue weighted by atomic mass is 9.93. The van der Waals surface area contributed by atoms with E-state index < -0.39 is 0 Å². The maximum atomic E-state index is 12.4. The molecule has 1 aliphatic rings. The number of nitrogens with one attached hydrogen (secondary N) is 2. The van der Waals surface area contributed by atoms with Gasteiger partial charge in [0.15, 0.2) is 0 Å². The summed E-state index contributed by atoms with van der Waals surface area (Å²) < 4.78 is 0. The van der Waals surface area contributed by atoms with Crippen LogP contribution >= 0.6 is 24.0 Å². The molecular formula is C16H24Cl2N2O. The van der Waals surface area contributed by atoms with Crippen molar-refractivity contribution in [1.82, 2.24) is 10.6 Å². The second kappa shape index (κ2) is 8.62. The van der Waals surface area contributed by atoms with Gasteiger partial charge < -0.3 is 10.6 Å². The standard InChI is InChI=1S/C16H23ClN2O.ClH/c1-11(2)15(12-3-5-14(17)6-4-12)19-16(20)13-7-9-18-10-8-13;/h3-6,11,13,15,18H,7-10H2,1-2H3,(H,19,20);1H. The number of hydrogen-bond acceptors (Lipinski definition) is 2. The fourth-order valence-corrected chi connectivity index (χ4v) is 2.79. The van der Waals surface area contributed by atoms with Gasteiger partial charge in [0.05, 0.1) is 6.04 Å². The number of piperidine rings is 1. The summed E-state index contributed by atoms with van der Waals surface area (Å²) in [4.78, 5) is 12.4. The van der Waals surface area contributed by atoms with Crippen LogP contribution in [0.15, 0.2) is 24.3 Å². The van der Waals surface area contributed by atoms with Crippen molar-refractivity contribution in [2.75, 3.05) is 13.1 Å². The number of amides is 1. The molecule has 0 radical (unpaired) electrons. The predicted molar refractivity (Wildman–Crippen MR) is 90.0 cm³/mol. The van der Waals surface area contributed by atoms with E-state index in [1.165, 1.54) is 0 Å². The summed E-state index contributed by atoms with van der Waals surface area (Å²) in [5.74, 6) is 0.673. The molecule has 1 aliphatic heterocycles. The van der Waals surface area contributed by atoms with Gasteiger partial charge in [0, 0.05) is 10.9 Å². The lowest BCUT2D eigenvalue weighted by molar-refractivity contribution is -0.126. The van der Waals surface area contributed by atoms with Crippen molar-refractivity contribution < 1.29 is 4.79 Å². The zero-order chi connectivity index (χ0) is 14.5. The number of benzene rings is 1. The van der Waals surface area contributed by atoms with Crippen LogP contribution < -0.4 is 10.6 Å². The van der Waals surface area contributed by atoms with Crippen molar-refractivity contribution in [1.29, 1.82) is 0 Å². The largest absolute Gasteiger partial charge is 0.349 e. The van der Waals surface area contributed by atoms with E-state index in [1.54, 1.807) is 0 Å². The molecule has 0 bridgehead atoms. The lowest BCUT2D eigenvalue weighted by Gasteiger charge is -2.27. The second-order valence-corrected chi connectivity index (χ2v) is 6.24. The van der Waals surface area contributed by atoms with Gasteiger partial charge in [0.25, 0.3) is 0 Å². The number of rotatable bonds is 4. The minimum absolute atomic E-state index is 0. The van der Waals surface area contributed by atoms with Crippen LogP contribution in [0, 0.1) is 11.8 Å². The average Bonchev–Trinajstić information content (AvgIpc) is 2.46. The van der Waals surface area contributed by atoms with E-state index in [-0.39, 0.29) is 30.3 Å². The summed E-state index contributed by atoms with van der Waals surface area (Å²) in [5, 5.41) is 7.22. The monoisotopic (exact) mass is 330 g/mol. The van der Waals surface area contributed by atoms with Crippen LogP contribution in [0.25, 0.3) is 0 Å². The molecule has 1 unspecified atom stereocenters. The molecule has 0 spiro atoms. The van der Waals surface area contributed by atoms with E-state index in [0.717, 1.165) is 36.5 Å².